The Hall–Kier alpha value is -2.74. The van der Waals surface area contributed by atoms with Crippen LogP contribution in [0.15, 0.2) is 66.9 Å². The van der Waals surface area contributed by atoms with E-state index in [0.29, 0.717) is 0 Å². The third-order valence-electron chi connectivity index (χ3n) is 3.55. The lowest BCUT2D eigenvalue weighted by molar-refractivity contribution is 0.628. The fourth-order valence-corrected chi connectivity index (χ4v) is 2.39. The first-order valence-corrected chi connectivity index (χ1v) is 7.19. The predicted octanol–water partition coefficient (Wildman–Crippen LogP) is 5.37. The van der Waals surface area contributed by atoms with Crippen molar-refractivity contribution in [3.8, 4) is 11.3 Å². The van der Waals surface area contributed by atoms with Crippen molar-refractivity contribution >= 4 is 12.2 Å². The molecule has 3 rings (SSSR count). The zero-order chi connectivity index (χ0) is 15.4. The molecule has 2 heteroatoms. The Bertz CT molecular complexity index is 804. The first-order chi connectivity index (χ1) is 10.7. The number of pyridine rings is 1. The summed E-state index contributed by atoms with van der Waals surface area (Å²) in [5.74, 6) is -0.221. The highest BCUT2D eigenvalue weighted by Crippen LogP contribution is 2.26. The molecule has 0 unspecified atom stereocenters. The SMILES string of the molecule is Cc1cccnc1-c1ccccc1/C=C/c1ccc(F)cc1. The molecule has 2 aromatic carbocycles. The second-order valence-corrected chi connectivity index (χ2v) is 5.14. The Balaban J connectivity index is 1.98. The van der Waals surface area contributed by atoms with Crippen LogP contribution >= 0.6 is 0 Å². The van der Waals surface area contributed by atoms with Gasteiger partial charge in [-0.2, -0.15) is 0 Å². The van der Waals surface area contributed by atoms with Crippen LogP contribution in [0.4, 0.5) is 4.39 Å². The lowest BCUT2D eigenvalue weighted by Gasteiger charge is -2.08. The Labute approximate surface area is 129 Å². The van der Waals surface area contributed by atoms with E-state index in [1.54, 1.807) is 12.1 Å². The second-order valence-electron chi connectivity index (χ2n) is 5.14. The van der Waals surface area contributed by atoms with Crippen LogP contribution in [0.1, 0.15) is 16.7 Å². The highest BCUT2D eigenvalue weighted by molar-refractivity contribution is 5.80. The molecule has 0 bridgehead atoms. The number of nitrogens with zero attached hydrogens (tertiary/aromatic N) is 1. The molecular weight excluding hydrogens is 273 g/mol. The van der Waals surface area contributed by atoms with Crippen LogP contribution in [-0.4, -0.2) is 4.98 Å². The third-order valence-corrected chi connectivity index (χ3v) is 3.55. The van der Waals surface area contributed by atoms with Gasteiger partial charge >= 0.3 is 0 Å². The van der Waals surface area contributed by atoms with Crippen molar-refractivity contribution in [3.05, 3.63) is 89.4 Å². The van der Waals surface area contributed by atoms with Crippen molar-refractivity contribution in [1.82, 2.24) is 4.98 Å². The molecule has 0 saturated carbocycles. The van der Waals surface area contributed by atoms with E-state index < -0.39 is 0 Å². The largest absolute Gasteiger partial charge is 0.256 e. The van der Waals surface area contributed by atoms with Gasteiger partial charge in [0.05, 0.1) is 5.69 Å². The molecule has 0 aliphatic rings. The van der Waals surface area contributed by atoms with Crippen LogP contribution in [0, 0.1) is 12.7 Å². The van der Waals surface area contributed by atoms with Crippen LogP contribution in [0.3, 0.4) is 0 Å². The number of halogens is 1. The zero-order valence-electron chi connectivity index (χ0n) is 12.3. The molecule has 1 aromatic heterocycles. The van der Waals surface area contributed by atoms with Crippen molar-refractivity contribution in [2.75, 3.05) is 0 Å². The molecule has 22 heavy (non-hydrogen) atoms. The van der Waals surface area contributed by atoms with Crippen LogP contribution < -0.4 is 0 Å². The van der Waals surface area contributed by atoms with Crippen LogP contribution in [0.25, 0.3) is 23.4 Å². The molecule has 3 aromatic rings. The van der Waals surface area contributed by atoms with Gasteiger partial charge < -0.3 is 0 Å². The lowest BCUT2D eigenvalue weighted by Crippen LogP contribution is -1.89. The van der Waals surface area contributed by atoms with E-state index >= 15 is 0 Å². The number of benzene rings is 2. The minimum absolute atomic E-state index is 0.221. The maximum Gasteiger partial charge on any atom is 0.123 e. The van der Waals surface area contributed by atoms with Gasteiger partial charge in [-0.15, -0.1) is 0 Å². The molecule has 0 aliphatic heterocycles. The molecule has 0 aliphatic carbocycles. The molecule has 1 nitrogen and oxygen atoms in total. The van der Waals surface area contributed by atoms with Gasteiger partial charge in [-0.3, -0.25) is 4.98 Å². The van der Waals surface area contributed by atoms with Crippen molar-refractivity contribution in [2.24, 2.45) is 0 Å². The van der Waals surface area contributed by atoms with Gasteiger partial charge in [0.25, 0.3) is 0 Å². The van der Waals surface area contributed by atoms with E-state index in [4.69, 9.17) is 0 Å². The lowest BCUT2D eigenvalue weighted by atomic mass is 10.00. The van der Waals surface area contributed by atoms with Crippen LogP contribution in [0.2, 0.25) is 0 Å². The summed E-state index contributed by atoms with van der Waals surface area (Å²) in [6.45, 7) is 2.06. The van der Waals surface area contributed by atoms with E-state index in [2.05, 4.69) is 30.1 Å². The van der Waals surface area contributed by atoms with E-state index in [9.17, 15) is 4.39 Å². The number of hydrogen-bond acceptors (Lipinski definition) is 1. The van der Waals surface area contributed by atoms with E-state index in [-0.39, 0.29) is 5.82 Å². The summed E-state index contributed by atoms with van der Waals surface area (Å²) < 4.78 is 12.9. The number of aromatic nitrogens is 1. The first-order valence-electron chi connectivity index (χ1n) is 7.19. The fourth-order valence-electron chi connectivity index (χ4n) is 2.39. The van der Waals surface area contributed by atoms with Gasteiger partial charge in [-0.05, 0) is 41.8 Å². The van der Waals surface area contributed by atoms with E-state index in [1.807, 2.05) is 36.5 Å². The summed E-state index contributed by atoms with van der Waals surface area (Å²) in [5, 5.41) is 0. The Morgan fingerprint density at radius 2 is 1.64 bits per heavy atom. The standard InChI is InChI=1S/C20H16FN/c1-15-5-4-14-22-20(15)19-7-3-2-6-17(19)11-8-16-9-12-18(21)13-10-16/h2-14H,1H3/b11-8+. The highest BCUT2D eigenvalue weighted by Gasteiger charge is 2.06. The quantitative estimate of drug-likeness (QED) is 0.591. The maximum absolute atomic E-state index is 12.9. The van der Waals surface area contributed by atoms with Gasteiger partial charge in [0, 0.05) is 11.8 Å². The van der Waals surface area contributed by atoms with Gasteiger partial charge in [-0.1, -0.05) is 54.6 Å². The average molecular weight is 289 g/mol. The Kier molecular flexibility index (Phi) is 4.10. The summed E-state index contributed by atoms with van der Waals surface area (Å²) in [4.78, 5) is 4.49. The molecule has 0 N–H and O–H groups in total. The summed E-state index contributed by atoms with van der Waals surface area (Å²) in [7, 11) is 0. The number of rotatable bonds is 3. The number of aryl methyl sites for hydroxylation is 1. The summed E-state index contributed by atoms with van der Waals surface area (Å²) in [6, 6.07) is 18.6. The van der Waals surface area contributed by atoms with Crippen molar-refractivity contribution < 1.29 is 4.39 Å². The molecule has 0 amide bonds. The predicted molar refractivity (Wildman–Crippen MR) is 89.7 cm³/mol. The Morgan fingerprint density at radius 3 is 2.41 bits per heavy atom. The van der Waals surface area contributed by atoms with Gasteiger partial charge in [-0.25, -0.2) is 4.39 Å². The zero-order valence-corrected chi connectivity index (χ0v) is 12.3. The Morgan fingerprint density at radius 1 is 0.864 bits per heavy atom. The van der Waals surface area contributed by atoms with Crippen molar-refractivity contribution in [2.45, 2.75) is 6.92 Å². The minimum atomic E-state index is -0.221. The normalized spacial score (nSPS) is 11.0. The van der Waals surface area contributed by atoms with Crippen molar-refractivity contribution in [1.29, 1.82) is 0 Å². The van der Waals surface area contributed by atoms with Gasteiger partial charge in [0.2, 0.25) is 0 Å². The van der Waals surface area contributed by atoms with E-state index in [1.165, 1.54) is 12.1 Å². The molecule has 108 valence electrons. The molecule has 0 spiro atoms. The molecule has 1 heterocycles. The molecule has 0 atom stereocenters. The average Bonchev–Trinajstić information content (AvgIpc) is 2.55. The minimum Gasteiger partial charge on any atom is -0.256 e. The monoisotopic (exact) mass is 289 g/mol. The molecule has 0 radical (unpaired) electrons. The van der Waals surface area contributed by atoms with Gasteiger partial charge in [0.15, 0.2) is 0 Å². The molecular formula is C20H16FN. The van der Waals surface area contributed by atoms with E-state index in [0.717, 1.165) is 27.9 Å². The highest BCUT2D eigenvalue weighted by atomic mass is 19.1. The van der Waals surface area contributed by atoms with Crippen LogP contribution in [0.5, 0.6) is 0 Å². The first kappa shape index (κ1) is 14.2. The number of hydrogen-bond donors (Lipinski definition) is 0. The third kappa shape index (κ3) is 3.12. The summed E-state index contributed by atoms with van der Waals surface area (Å²) in [6.07, 6.45) is 5.83. The summed E-state index contributed by atoms with van der Waals surface area (Å²) in [5.41, 5.74) is 5.29. The molecule has 0 fully saturated rings. The smallest absolute Gasteiger partial charge is 0.123 e. The van der Waals surface area contributed by atoms with Crippen molar-refractivity contribution in [3.63, 3.8) is 0 Å². The van der Waals surface area contributed by atoms with Crippen LogP contribution in [-0.2, 0) is 0 Å². The second kappa shape index (κ2) is 6.35. The molecule has 0 saturated heterocycles. The maximum atomic E-state index is 12.9. The summed E-state index contributed by atoms with van der Waals surface area (Å²) >= 11 is 0. The topological polar surface area (TPSA) is 12.9 Å². The fraction of sp³-hybridized carbons (Fsp3) is 0.0500. The van der Waals surface area contributed by atoms with Gasteiger partial charge in [0.1, 0.15) is 5.82 Å².